The second-order valence-electron chi connectivity index (χ2n) is 6.80. The first-order valence-corrected chi connectivity index (χ1v) is 8.12. The molecule has 0 aliphatic carbocycles. The third kappa shape index (κ3) is 4.70. The molecule has 0 aromatic heterocycles. The zero-order valence-corrected chi connectivity index (χ0v) is 14.4. The molecule has 0 aliphatic heterocycles. The van der Waals surface area contributed by atoms with Crippen molar-refractivity contribution in [3.8, 4) is 6.07 Å². The molecule has 2 rings (SSSR count). The van der Waals surface area contributed by atoms with Crippen LogP contribution in [0.2, 0.25) is 0 Å². The minimum atomic E-state index is -0.571. The first-order valence-electron chi connectivity index (χ1n) is 8.12. The highest BCUT2D eigenvalue weighted by atomic mass is 16.6. The lowest BCUT2D eigenvalue weighted by molar-refractivity contribution is -0.157. The maximum Gasteiger partial charge on any atom is 0.314 e. The zero-order valence-electron chi connectivity index (χ0n) is 14.4. The van der Waals surface area contributed by atoms with Crippen LogP contribution in [0.3, 0.4) is 0 Å². The van der Waals surface area contributed by atoms with E-state index < -0.39 is 11.5 Å². The van der Waals surface area contributed by atoms with Crippen LogP contribution in [0.1, 0.15) is 50.2 Å². The van der Waals surface area contributed by atoms with Crippen LogP contribution in [0.5, 0.6) is 0 Å². The molecule has 0 saturated carbocycles. The van der Waals surface area contributed by atoms with E-state index in [4.69, 9.17) is 4.74 Å². The molecule has 24 heavy (non-hydrogen) atoms. The van der Waals surface area contributed by atoms with Gasteiger partial charge in [-0.15, -0.1) is 0 Å². The molecule has 0 saturated heterocycles. The van der Waals surface area contributed by atoms with Gasteiger partial charge in [-0.3, -0.25) is 4.79 Å². The highest BCUT2D eigenvalue weighted by molar-refractivity contribution is 5.80. The highest BCUT2D eigenvalue weighted by Crippen LogP contribution is 2.37. The van der Waals surface area contributed by atoms with Gasteiger partial charge in [-0.05, 0) is 31.9 Å². The summed E-state index contributed by atoms with van der Waals surface area (Å²) < 4.78 is 5.65. The summed E-state index contributed by atoms with van der Waals surface area (Å²) in [4.78, 5) is 12.9. The van der Waals surface area contributed by atoms with Crippen molar-refractivity contribution in [3.05, 3.63) is 71.8 Å². The number of esters is 1. The first kappa shape index (κ1) is 17.7. The fourth-order valence-electron chi connectivity index (χ4n) is 2.79. The molecule has 3 heteroatoms. The Morgan fingerprint density at radius 3 is 1.96 bits per heavy atom. The lowest BCUT2D eigenvalue weighted by Gasteiger charge is -2.29. The Hall–Kier alpha value is -2.60. The number of benzene rings is 2. The number of nitriles is 1. The van der Waals surface area contributed by atoms with Gasteiger partial charge in [-0.2, -0.15) is 5.26 Å². The molecule has 0 fully saturated rings. The Bertz CT molecular complexity index is 696. The molecule has 2 unspecified atom stereocenters. The predicted octanol–water partition coefficient (Wildman–Crippen LogP) is 4.81. The SMILES string of the molecule is CC(C)(C)OC(=O)C(c1ccccc1)C(CC#N)c1ccccc1. The molecule has 124 valence electrons. The van der Waals surface area contributed by atoms with E-state index in [0.29, 0.717) is 0 Å². The molecule has 2 aromatic carbocycles. The van der Waals surface area contributed by atoms with Gasteiger partial charge < -0.3 is 4.74 Å². The Morgan fingerprint density at radius 2 is 1.50 bits per heavy atom. The smallest absolute Gasteiger partial charge is 0.314 e. The zero-order chi connectivity index (χ0) is 17.6. The van der Waals surface area contributed by atoms with Crippen LogP contribution in [-0.2, 0) is 9.53 Å². The van der Waals surface area contributed by atoms with Crippen molar-refractivity contribution >= 4 is 5.97 Å². The number of nitrogens with zero attached hydrogens (tertiary/aromatic N) is 1. The molecule has 2 atom stereocenters. The molecule has 0 amide bonds. The summed E-state index contributed by atoms with van der Waals surface area (Å²) in [6, 6.07) is 21.5. The minimum absolute atomic E-state index is 0.242. The average Bonchev–Trinajstić information content (AvgIpc) is 2.54. The van der Waals surface area contributed by atoms with E-state index in [-0.39, 0.29) is 18.3 Å². The van der Waals surface area contributed by atoms with Crippen molar-refractivity contribution in [1.82, 2.24) is 0 Å². The van der Waals surface area contributed by atoms with Gasteiger partial charge in [0.25, 0.3) is 0 Å². The van der Waals surface area contributed by atoms with Crippen molar-refractivity contribution < 1.29 is 9.53 Å². The monoisotopic (exact) mass is 321 g/mol. The standard InChI is InChI=1S/C21H23NO2/c1-21(2,3)24-20(23)19(17-12-8-5-9-13-17)18(14-15-22)16-10-6-4-7-11-16/h4-13,18-19H,14H2,1-3H3. The topological polar surface area (TPSA) is 50.1 Å². The number of ether oxygens (including phenoxy) is 1. The van der Waals surface area contributed by atoms with E-state index in [9.17, 15) is 10.1 Å². The Balaban J connectivity index is 2.47. The Labute approximate surface area is 143 Å². The van der Waals surface area contributed by atoms with E-state index in [1.165, 1.54) is 0 Å². The Kier molecular flexibility index (Phi) is 5.76. The van der Waals surface area contributed by atoms with Crippen molar-refractivity contribution in [2.75, 3.05) is 0 Å². The third-order valence-corrected chi connectivity index (χ3v) is 3.76. The van der Waals surface area contributed by atoms with Gasteiger partial charge >= 0.3 is 5.97 Å². The summed E-state index contributed by atoms with van der Waals surface area (Å²) in [5.74, 6) is -1.04. The van der Waals surface area contributed by atoms with Gasteiger partial charge in [-0.1, -0.05) is 60.7 Å². The van der Waals surface area contributed by atoms with E-state index in [0.717, 1.165) is 11.1 Å². The molecule has 0 radical (unpaired) electrons. The van der Waals surface area contributed by atoms with E-state index in [2.05, 4.69) is 6.07 Å². The molecule has 0 bridgehead atoms. The van der Waals surface area contributed by atoms with Gasteiger partial charge in [0, 0.05) is 12.3 Å². The van der Waals surface area contributed by atoms with E-state index >= 15 is 0 Å². The van der Waals surface area contributed by atoms with Crippen LogP contribution in [0.4, 0.5) is 0 Å². The molecule has 0 heterocycles. The highest BCUT2D eigenvalue weighted by Gasteiger charge is 2.34. The van der Waals surface area contributed by atoms with Crippen molar-refractivity contribution in [3.63, 3.8) is 0 Å². The number of hydrogen-bond acceptors (Lipinski definition) is 3. The summed E-state index contributed by atoms with van der Waals surface area (Å²) in [5, 5.41) is 9.31. The van der Waals surface area contributed by atoms with Gasteiger partial charge in [0.2, 0.25) is 0 Å². The second-order valence-corrected chi connectivity index (χ2v) is 6.80. The summed E-state index contributed by atoms with van der Waals surface area (Å²) in [5.41, 5.74) is 1.27. The van der Waals surface area contributed by atoms with Crippen LogP contribution in [0, 0.1) is 11.3 Å². The number of carbonyl (C=O) groups excluding carboxylic acids is 1. The predicted molar refractivity (Wildman–Crippen MR) is 94.4 cm³/mol. The fourth-order valence-corrected chi connectivity index (χ4v) is 2.79. The van der Waals surface area contributed by atoms with Crippen LogP contribution in [0.25, 0.3) is 0 Å². The molecule has 3 nitrogen and oxygen atoms in total. The first-order chi connectivity index (χ1) is 11.4. The fraction of sp³-hybridized carbons (Fsp3) is 0.333. The molecule has 0 spiro atoms. The second kappa shape index (κ2) is 7.79. The average molecular weight is 321 g/mol. The van der Waals surface area contributed by atoms with Crippen LogP contribution < -0.4 is 0 Å². The molecule has 0 N–H and O–H groups in total. The summed E-state index contributed by atoms with van der Waals surface area (Å²) in [6.45, 7) is 5.57. The normalized spacial score (nSPS) is 13.6. The summed E-state index contributed by atoms with van der Waals surface area (Å²) in [6.07, 6.45) is 0.253. The van der Waals surface area contributed by atoms with Crippen molar-refractivity contribution in [1.29, 1.82) is 5.26 Å². The summed E-state index contributed by atoms with van der Waals surface area (Å²) in [7, 11) is 0. The largest absolute Gasteiger partial charge is 0.459 e. The molecule has 2 aromatic rings. The molecular formula is C21H23NO2. The number of rotatable bonds is 5. The number of carbonyl (C=O) groups is 1. The van der Waals surface area contributed by atoms with Crippen molar-refractivity contribution in [2.24, 2.45) is 0 Å². The molecular weight excluding hydrogens is 298 g/mol. The van der Waals surface area contributed by atoms with Gasteiger partial charge in [0.05, 0.1) is 12.0 Å². The lowest BCUT2D eigenvalue weighted by Crippen LogP contribution is -2.30. The van der Waals surface area contributed by atoms with Crippen LogP contribution in [-0.4, -0.2) is 11.6 Å². The maximum absolute atomic E-state index is 12.9. The van der Waals surface area contributed by atoms with E-state index in [1.54, 1.807) is 0 Å². The minimum Gasteiger partial charge on any atom is -0.459 e. The van der Waals surface area contributed by atoms with Crippen molar-refractivity contribution in [2.45, 2.75) is 44.6 Å². The maximum atomic E-state index is 12.9. The molecule has 0 aliphatic rings. The lowest BCUT2D eigenvalue weighted by atomic mass is 9.79. The van der Waals surface area contributed by atoms with Gasteiger partial charge in [0.1, 0.15) is 5.60 Å². The number of hydrogen-bond donors (Lipinski definition) is 0. The quantitative estimate of drug-likeness (QED) is 0.743. The van der Waals surface area contributed by atoms with Crippen LogP contribution in [0.15, 0.2) is 60.7 Å². The van der Waals surface area contributed by atoms with Gasteiger partial charge in [0.15, 0.2) is 0 Å². The van der Waals surface area contributed by atoms with Gasteiger partial charge in [-0.25, -0.2) is 0 Å². The summed E-state index contributed by atoms with van der Waals surface area (Å²) >= 11 is 0. The van der Waals surface area contributed by atoms with Crippen LogP contribution >= 0.6 is 0 Å². The van der Waals surface area contributed by atoms with E-state index in [1.807, 2.05) is 81.4 Å². The Morgan fingerprint density at radius 1 is 1.00 bits per heavy atom. The third-order valence-electron chi connectivity index (χ3n) is 3.76.